The zero-order chi connectivity index (χ0) is 24.1. The number of hydrogen-bond donors (Lipinski definition) is 1. The fourth-order valence-electron chi connectivity index (χ4n) is 4.02. The molecular weight excluding hydrogens is 436 g/mol. The van der Waals surface area contributed by atoms with Gasteiger partial charge in [-0.05, 0) is 42.0 Å². The Kier molecular flexibility index (Phi) is 7.22. The second-order valence-corrected chi connectivity index (χ2v) is 8.43. The standard InChI is InChI=1S/C25H28N4O5/c1-27(17-22(30)26-20-6-8-21(9-7-20)28-12-14-34-15-13-28)25(33)19-4-2-18(3-5-19)16-29-23(31)10-11-24(29)32/h2-9H,10-17H2,1H3,(H,26,30). The first-order valence-corrected chi connectivity index (χ1v) is 11.3. The molecule has 9 heteroatoms. The van der Waals surface area contributed by atoms with E-state index in [0.29, 0.717) is 24.5 Å². The van der Waals surface area contributed by atoms with Crippen LogP contribution < -0.4 is 10.2 Å². The second kappa shape index (κ2) is 10.5. The summed E-state index contributed by atoms with van der Waals surface area (Å²) >= 11 is 0. The smallest absolute Gasteiger partial charge is 0.254 e. The fourth-order valence-corrected chi connectivity index (χ4v) is 4.02. The number of rotatable bonds is 7. The van der Waals surface area contributed by atoms with Gasteiger partial charge in [-0.1, -0.05) is 12.1 Å². The molecule has 0 spiro atoms. The van der Waals surface area contributed by atoms with Gasteiger partial charge in [-0.25, -0.2) is 0 Å². The number of benzene rings is 2. The predicted molar refractivity (Wildman–Crippen MR) is 126 cm³/mol. The molecule has 2 aliphatic heterocycles. The molecule has 34 heavy (non-hydrogen) atoms. The zero-order valence-corrected chi connectivity index (χ0v) is 19.2. The molecule has 4 rings (SSSR count). The summed E-state index contributed by atoms with van der Waals surface area (Å²) in [7, 11) is 1.57. The Hall–Kier alpha value is -3.72. The zero-order valence-electron chi connectivity index (χ0n) is 19.2. The van der Waals surface area contributed by atoms with Crippen LogP contribution in [0.2, 0.25) is 0 Å². The number of likely N-dealkylation sites (tertiary alicyclic amines) is 1. The molecule has 2 aromatic rings. The van der Waals surface area contributed by atoms with Crippen LogP contribution in [0.3, 0.4) is 0 Å². The largest absolute Gasteiger partial charge is 0.378 e. The summed E-state index contributed by atoms with van der Waals surface area (Å²) < 4.78 is 5.37. The highest BCUT2D eigenvalue weighted by Gasteiger charge is 2.28. The maximum atomic E-state index is 12.7. The lowest BCUT2D eigenvalue weighted by molar-refractivity contribution is -0.139. The van der Waals surface area contributed by atoms with Crippen LogP contribution in [0.25, 0.3) is 0 Å². The highest BCUT2D eigenvalue weighted by Crippen LogP contribution is 2.19. The van der Waals surface area contributed by atoms with E-state index >= 15 is 0 Å². The number of anilines is 2. The fraction of sp³-hybridized carbons (Fsp3) is 0.360. The van der Waals surface area contributed by atoms with Crippen LogP contribution in [0.4, 0.5) is 11.4 Å². The van der Waals surface area contributed by atoms with Crippen LogP contribution in [0.5, 0.6) is 0 Å². The Labute approximate surface area is 198 Å². The topological polar surface area (TPSA) is 99.3 Å². The number of amides is 4. The lowest BCUT2D eigenvalue weighted by Crippen LogP contribution is -2.36. The van der Waals surface area contributed by atoms with Gasteiger partial charge < -0.3 is 19.9 Å². The number of carbonyl (C=O) groups excluding carboxylic acids is 4. The van der Waals surface area contributed by atoms with Gasteiger partial charge in [-0.2, -0.15) is 0 Å². The van der Waals surface area contributed by atoms with Crippen molar-refractivity contribution in [2.75, 3.05) is 50.1 Å². The van der Waals surface area contributed by atoms with Crippen molar-refractivity contribution in [3.63, 3.8) is 0 Å². The summed E-state index contributed by atoms with van der Waals surface area (Å²) in [5.74, 6) is -0.936. The molecule has 4 amide bonds. The van der Waals surface area contributed by atoms with Gasteiger partial charge in [0, 0.05) is 49.9 Å². The Morgan fingerprint density at radius 2 is 1.56 bits per heavy atom. The molecule has 0 atom stereocenters. The minimum Gasteiger partial charge on any atom is -0.378 e. The molecular formula is C25H28N4O5. The molecule has 0 saturated carbocycles. The summed E-state index contributed by atoms with van der Waals surface area (Å²) in [6.45, 7) is 3.21. The van der Waals surface area contributed by atoms with Gasteiger partial charge in [0.1, 0.15) is 0 Å². The first-order chi connectivity index (χ1) is 16.4. The number of nitrogens with zero attached hydrogens (tertiary/aromatic N) is 3. The lowest BCUT2D eigenvalue weighted by atomic mass is 10.1. The molecule has 0 aliphatic carbocycles. The van der Waals surface area contributed by atoms with Gasteiger partial charge in [-0.3, -0.25) is 24.1 Å². The molecule has 2 fully saturated rings. The van der Waals surface area contributed by atoms with E-state index in [2.05, 4.69) is 10.2 Å². The van der Waals surface area contributed by atoms with Gasteiger partial charge >= 0.3 is 0 Å². The molecule has 0 aromatic heterocycles. The third kappa shape index (κ3) is 5.60. The van der Waals surface area contributed by atoms with Crippen molar-refractivity contribution in [2.24, 2.45) is 0 Å². The van der Waals surface area contributed by atoms with Crippen molar-refractivity contribution in [2.45, 2.75) is 19.4 Å². The number of ether oxygens (including phenoxy) is 1. The molecule has 178 valence electrons. The first-order valence-electron chi connectivity index (χ1n) is 11.3. The number of likely N-dealkylation sites (N-methyl/N-ethyl adjacent to an activating group) is 1. The van der Waals surface area contributed by atoms with Crippen LogP contribution in [-0.4, -0.2) is 73.3 Å². The first kappa shape index (κ1) is 23.4. The van der Waals surface area contributed by atoms with E-state index in [1.54, 1.807) is 31.3 Å². The van der Waals surface area contributed by atoms with Crippen molar-refractivity contribution in [1.82, 2.24) is 9.80 Å². The van der Waals surface area contributed by atoms with Crippen molar-refractivity contribution >= 4 is 35.0 Å². The highest BCUT2D eigenvalue weighted by atomic mass is 16.5. The predicted octanol–water partition coefficient (Wildman–Crippen LogP) is 1.88. The Morgan fingerprint density at radius 3 is 2.18 bits per heavy atom. The normalized spacial score (nSPS) is 16.0. The minimum absolute atomic E-state index is 0.0947. The average molecular weight is 465 g/mol. The number of carbonyl (C=O) groups is 4. The summed E-state index contributed by atoms with van der Waals surface area (Å²) in [5.41, 5.74) is 2.93. The lowest BCUT2D eigenvalue weighted by Gasteiger charge is -2.28. The maximum absolute atomic E-state index is 12.7. The Morgan fingerprint density at radius 1 is 0.941 bits per heavy atom. The number of morpholine rings is 1. The molecule has 9 nitrogen and oxygen atoms in total. The van der Waals surface area contributed by atoms with E-state index in [4.69, 9.17) is 4.74 Å². The Bertz CT molecular complexity index is 1050. The van der Waals surface area contributed by atoms with Gasteiger partial charge in [0.05, 0.1) is 26.3 Å². The van der Waals surface area contributed by atoms with E-state index in [1.807, 2.05) is 24.3 Å². The quantitative estimate of drug-likeness (QED) is 0.629. The van der Waals surface area contributed by atoms with Crippen LogP contribution in [-0.2, 0) is 25.7 Å². The van der Waals surface area contributed by atoms with E-state index < -0.39 is 0 Å². The molecule has 2 aliphatic rings. The minimum atomic E-state index is -0.294. The molecule has 1 N–H and O–H groups in total. The average Bonchev–Trinajstić information content (AvgIpc) is 3.17. The van der Waals surface area contributed by atoms with Crippen LogP contribution in [0.1, 0.15) is 28.8 Å². The van der Waals surface area contributed by atoms with Crippen LogP contribution >= 0.6 is 0 Å². The third-order valence-corrected chi connectivity index (χ3v) is 5.95. The summed E-state index contributed by atoms with van der Waals surface area (Å²) in [6.07, 6.45) is 0.501. The maximum Gasteiger partial charge on any atom is 0.254 e. The van der Waals surface area contributed by atoms with Gasteiger partial charge in [0.2, 0.25) is 17.7 Å². The van der Waals surface area contributed by atoms with Gasteiger partial charge in [0.25, 0.3) is 5.91 Å². The van der Waals surface area contributed by atoms with E-state index in [-0.39, 0.29) is 49.6 Å². The molecule has 0 unspecified atom stereocenters. The summed E-state index contributed by atoms with van der Waals surface area (Å²) in [5, 5.41) is 2.82. The SMILES string of the molecule is CN(CC(=O)Nc1ccc(N2CCOCC2)cc1)C(=O)c1ccc(CN2C(=O)CCC2=O)cc1. The van der Waals surface area contributed by atoms with Crippen molar-refractivity contribution in [1.29, 1.82) is 0 Å². The second-order valence-electron chi connectivity index (χ2n) is 8.43. The van der Waals surface area contributed by atoms with Crippen molar-refractivity contribution < 1.29 is 23.9 Å². The summed E-state index contributed by atoms with van der Waals surface area (Å²) in [4.78, 5) is 53.5. The van der Waals surface area contributed by atoms with Crippen molar-refractivity contribution in [3.05, 3.63) is 59.7 Å². The number of imide groups is 1. The third-order valence-electron chi connectivity index (χ3n) is 5.95. The Balaban J connectivity index is 1.28. The molecule has 2 aromatic carbocycles. The monoisotopic (exact) mass is 464 g/mol. The highest BCUT2D eigenvalue weighted by molar-refractivity contribution is 6.02. The number of hydrogen-bond acceptors (Lipinski definition) is 6. The van der Waals surface area contributed by atoms with E-state index in [1.165, 1.54) is 9.80 Å². The van der Waals surface area contributed by atoms with Gasteiger partial charge in [-0.15, -0.1) is 0 Å². The molecule has 2 heterocycles. The molecule has 2 saturated heterocycles. The summed E-state index contributed by atoms with van der Waals surface area (Å²) in [6, 6.07) is 14.3. The molecule has 0 bridgehead atoms. The van der Waals surface area contributed by atoms with Gasteiger partial charge in [0.15, 0.2) is 0 Å². The van der Waals surface area contributed by atoms with E-state index in [0.717, 1.165) is 24.3 Å². The number of nitrogens with one attached hydrogen (secondary N) is 1. The molecule has 0 radical (unpaired) electrons. The van der Waals surface area contributed by atoms with Crippen LogP contribution in [0, 0.1) is 0 Å². The van der Waals surface area contributed by atoms with Crippen LogP contribution in [0.15, 0.2) is 48.5 Å². The van der Waals surface area contributed by atoms with Crippen molar-refractivity contribution in [3.8, 4) is 0 Å². The van der Waals surface area contributed by atoms with E-state index in [9.17, 15) is 19.2 Å².